The van der Waals surface area contributed by atoms with Crippen molar-refractivity contribution in [3.8, 4) is 34.5 Å². The molecule has 8 aromatic rings. The van der Waals surface area contributed by atoms with E-state index in [1.165, 1.54) is 0 Å². The molecule has 0 spiro atoms. The van der Waals surface area contributed by atoms with E-state index in [4.69, 9.17) is 14.2 Å². The van der Waals surface area contributed by atoms with Crippen LogP contribution in [0.2, 0.25) is 0 Å². The molecular formula is C63H32F28O6S. The second-order valence-electron chi connectivity index (χ2n) is 20.5. The van der Waals surface area contributed by atoms with E-state index < -0.39 is 246 Å². The Bertz CT molecular complexity index is 4420. The van der Waals surface area contributed by atoms with Gasteiger partial charge in [-0.2, -0.15) is 70.2 Å². The van der Waals surface area contributed by atoms with Crippen molar-refractivity contribution in [1.29, 1.82) is 0 Å². The fraction of sp³-hybridized carbons (Fsp3) is 0.175. The van der Waals surface area contributed by atoms with Crippen molar-refractivity contribution in [2.45, 2.75) is 77.8 Å². The Kier molecular flexibility index (Phi) is 20.0. The van der Waals surface area contributed by atoms with Crippen LogP contribution in [-0.4, -0.2) is 33.1 Å². The van der Waals surface area contributed by atoms with Crippen LogP contribution in [0.25, 0.3) is 12.2 Å². The molecule has 0 saturated heterocycles. The maximum atomic E-state index is 15.8. The summed E-state index contributed by atoms with van der Waals surface area (Å²) in [5, 5.41) is 0. The SMILES string of the molecule is C=Cc1c(F)c(F)c(Oc2ccc(C(c3ccc(OC(C)c4c(F)c(F)c(S(=O)(=O)c5c(F)c(F)c(Oc6ccc(C(c7ccc(OC(CC)c8c(F)c(F)c(C=C)c(F)c8F)cc7)(C(F)(F)F)C(F)(F)F)cc6)c(F)c5F)c(F)c4F)cc3)(C(F)(F)F)C(F)(F)F)cc2)c(F)c1F. The summed E-state index contributed by atoms with van der Waals surface area (Å²) in [6.07, 6.45) is -30.0. The summed E-state index contributed by atoms with van der Waals surface area (Å²) in [5.74, 6) is -49.4. The average Bonchev–Trinajstić information content (AvgIpc) is 0.729. The number of halogens is 28. The van der Waals surface area contributed by atoms with Gasteiger partial charge < -0.3 is 18.9 Å². The molecule has 0 aliphatic carbocycles. The topological polar surface area (TPSA) is 71.1 Å². The number of rotatable bonds is 19. The van der Waals surface area contributed by atoms with Gasteiger partial charge in [-0.05, 0) is 84.1 Å². The van der Waals surface area contributed by atoms with Crippen LogP contribution in [0, 0.1) is 93.1 Å². The second-order valence-corrected chi connectivity index (χ2v) is 22.3. The Morgan fingerprint density at radius 1 is 0.357 bits per heavy atom. The number of benzene rings is 8. The number of ether oxygens (including phenoxy) is 4. The summed E-state index contributed by atoms with van der Waals surface area (Å²) in [6, 6.07) is 2.32. The summed E-state index contributed by atoms with van der Waals surface area (Å²) in [5.41, 5.74) is -23.2. The number of hydrogen-bond donors (Lipinski definition) is 0. The Balaban J connectivity index is 1.06. The molecule has 0 fully saturated rings. The lowest BCUT2D eigenvalue weighted by Gasteiger charge is -2.38. The van der Waals surface area contributed by atoms with E-state index in [0.29, 0.717) is 31.2 Å². The number of hydrogen-bond acceptors (Lipinski definition) is 6. The molecule has 0 aliphatic rings. The molecule has 6 nitrogen and oxygen atoms in total. The van der Waals surface area contributed by atoms with Gasteiger partial charge in [0.1, 0.15) is 45.0 Å². The number of sulfone groups is 1. The zero-order valence-corrected chi connectivity index (χ0v) is 48.9. The van der Waals surface area contributed by atoms with E-state index >= 15 is 61.5 Å². The molecule has 8 rings (SSSR count). The first kappa shape index (κ1) is 74.2. The molecule has 0 radical (unpaired) electrons. The molecule has 98 heavy (non-hydrogen) atoms. The van der Waals surface area contributed by atoms with Gasteiger partial charge in [-0.25, -0.2) is 61.1 Å². The van der Waals surface area contributed by atoms with Gasteiger partial charge in [0, 0.05) is 0 Å². The molecule has 0 heterocycles. The van der Waals surface area contributed by atoms with Crippen LogP contribution in [0.4, 0.5) is 123 Å². The van der Waals surface area contributed by atoms with Crippen molar-refractivity contribution in [3.63, 3.8) is 0 Å². The van der Waals surface area contributed by atoms with Crippen molar-refractivity contribution >= 4 is 22.0 Å². The minimum atomic E-state index is -7.03. The third-order valence-corrected chi connectivity index (χ3v) is 16.7. The highest BCUT2D eigenvalue weighted by molar-refractivity contribution is 7.91. The highest BCUT2D eigenvalue weighted by atomic mass is 32.2. The zero-order chi connectivity index (χ0) is 73.4. The summed E-state index contributed by atoms with van der Waals surface area (Å²) < 4.78 is 470. The smallest absolute Gasteiger partial charge is 0.411 e. The van der Waals surface area contributed by atoms with Crippen LogP contribution in [0.5, 0.6) is 34.5 Å². The van der Waals surface area contributed by atoms with Crippen LogP contribution in [0.1, 0.15) is 77.0 Å². The maximum Gasteiger partial charge on any atom is 0.411 e. The van der Waals surface area contributed by atoms with Crippen molar-refractivity contribution in [1.82, 2.24) is 0 Å². The minimum absolute atomic E-state index is 0.0373. The highest BCUT2D eigenvalue weighted by Crippen LogP contribution is 2.59. The third-order valence-electron chi connectivity index (χ3n) is 15.0. The van der Waals surface area contributed by atoms with E-state index in [9.17, 15) is 69.9 Å². The Morgan fingerprint density at radius 2 is 0.602 bits per heavy atom. The van der Waals surface area contributed by atoms with E-state index in [1.54, 1.807) is 0 Å². The van der Waals surface area contributed by atoms with Gasteiger partial charge in [-0.3, -0.25) is 0 Å². The standard InChI is InChI=1S/C63H32F28O6S/c1-5-33-38(64)44(70)37(45(71)39(33)65)35(7-3)95-30-18-10-26(11-19-30)59(62(86,87)88,63(89,90)91)28-14-22-32(23-15-28)97-55-48(74)52(78)57(53(79)49(55)75)98(92,93)56-50(76)42(68)36(43(69)51(56)77)24(4)94-29-16-8-25(9-17-29)58(60(80,81)82,61(83,84)85)27-12-20-31(21-13-27)96-54-46(72)40(66)34(6-2)41(67)47(54)73/h5-6,8-24,35H,1-2,7H2,3-4H3. The van der Waals surface area contributed by atoms with E-state index in [0.717, 1.165) is 6.92 Å². The lowest BCUT2D eigenvalue weighted by Crippen LogP contribution is -2.54. The first-order valence-corrected chi connectivity index (χ1v) is 28.2. The van der Waals surface area contributed by atoms with Crippen LogP contribution < -0.4 is 18.9 Å². The normalized spacial score (nSPS) is 13.3. The zero-order valence-electron chi connectivity index (χ0n) is 48.1. The largest absolute Gasteiger partial charge is 0.486 e. The van der Waals surface area contributed by atoms with Crippen LogP contribution in [0.15, 0.2) is 120 Å². The summed E-state index contributed by atoms with van der Waals surface area (Å²) >= 11 is 0. The quantitative estimate of drug-likeness (QED) is 0.0593. The molecule has 2 unspecified atom stereocenters. The molecule has 0 aliphatic heterocycles. The van der Waals surface area contributed by atoms with Crippen LogP contribution in [-0.2, 0) is 20.7 Å². The molecule has 0 N–H and O–H groups in total. The first-order valence-electron chi connectivity index (χ1n) is 26.7. The molecular weight excluding hydrogens is 1420 g/mol. The predicted octanol–water partition coefficient (Wildman–Crippen LogP) is 21.1. The molecule has 35 heteroatoms. The van der Waals surface area contributed by atoms with Crippen LogP contribution >= 0.6 is 0 Å². The Labute approximate surface area is 531 Å². The molecule has 2 atom stereocenters. The van der Waals surface area contributed by atoms with Crippen molar-refractivity contribution in [2.75, 3.05) is 0 Å². The van der Waals surface area contributed by atoms with Crippen molar-refractivity contribution in [2.24, 2.45) is 0 Å². The summed E-state index contributed by atoms with van der Waals surface area (Å²) in [7, 11) is -7.03. The average molecular weight is 1450 g/mol. The van der Waals surface area contributed by atoms with Crippen molar-refractivity contribution < 1.29 is 150 Å². The first-order chi connectivity index (χ1) is 45.4. The van der Waals surface area contributed by atoms with Gasteiger partial charge in [-0.1, -0.05) is 80.8 Å². The molecule has 522 valence electrons. The van der Waals surface area contributed by atoms with Gasteiger partial charge in [0.2, 0.25) is 55.4 Å². The lowest BCUT2D eigenvalue weighted by atomic mass is 9.73. The lowest BCUT2D eigenvalue weighted by molar-refractivity contribution is -0.290. The van der Waals surface area contributed by atoms with Gasteiger partial charge in [0.25, 0.3) is 0 Å². The Morgan fingerprint density at radius 3 is 0.878 bits per heavy atom. The third kappa shape index (κ3) is 12.1. The summed E-state index contributed by atoms with van der Waals surface area (Å²) in [4.78, 5) is -6.16. The number of alkyl halides is 12. The van der Waals surface area contributed by atoms with Gasteiger partial charge in [0.05, 0.1) is 22.3 Å². The molecule has 0 aromatic heterocycles. The predicted molar refractivity (Wildman–Crippen MR) is 285 cm³/mol. The maximum absolute atomic E-state index is 15.8. The Hall–Kier alpha value is -9.57. The van der Waals surface area contributed by atoms with Gasteiger partial charge in [0.15, 0.2) is 69.8 Å². The van der Waals surface area contributed by atoms with E-state index in [-0.39, 0.29) is 84.9 Å². The molecule has 0 bridgehead atoms. The summed E-state index contributed by atoms with van der Waals surface area (Å²) in [6.45, 7) is 7.57. The van der Waals surface area contributed by atoms with Gasteiger partial charge >= 0.3 is 24.7 Å². The molecule has 8 aromatic carbocycles. The molecule has 0 saturated carbocycles. The fourth-order valence-electron chi connectivity index (χ4n) is 10.4. The van der Waals surface area contributed by atoms with Crippen LogP contribution in [0.3, 0.4) is 0 Å². The highest BCUT2D eigenvalue weighted by Gasteiger charge is 2.74. The van der Waals surface area contributed by atoms with E-state index in [2.05, 4.69) is 17.9 Å². The molecule has 0 amide bonds. The monoisotopic (exact) mass is 1450 g/mol. The second kappa shape index (κ2) is 26.4. The fourth-order valence-corrected chi connectivity index (χ4v) is 11.9. The van der Waals surface area contributed by atoms with E-state index in [1.807, 2.05) is 0 Å². The van der Waals surface area contributed by atoms with Gasteiger partial charge in [-0.15, -0.1) is 0 Å². The van der Waals surface area contributed by atoms with Crippen molar-refractivity contribution in [3.05, 3.63) is 248 Å². The minimum Gasteiger partial charge on any atom is -0.486 e.